The number of hydrogen-bond donors (Lipinski definition) is 1. The molecule has 0 aliphatic heterocycles. The number of halogens is 2. The Bertz CT molecular complexity index is 843. The van der Waals surface area contributed by atoms with Crippen LogP contribution in [0.2, 0.25) is 0 Å². The van der Waals surface area contributed by atoms with Crippen molar-refractivity contribution in [3.8, 4) is 5.75 Å². The van der Waals surface area contributed by atoms with Gasteiger partial charge in [-0.25, -0.2) is 8.78 Å². The Kier molecular flexibility index (Phi) is 4.15. The van der Waals surface area contributed by atoms with E-state index in [-0.39, 0.29) is 11.6 Å². The molecule has 0 aliphatic carbocycles. The fourth-order valence-corrected chi connectivity index (χ4v) is 2.30. The molecule has 0 spiro atoms. The van der Waals surface area contributed by atoms with E-state index in [1.165, 1.54) is 30.3 Å². The van der Waals surface area contributed by atoms with Crippen molar-refractivity contribution in [1.29, 1.82) is 0 Å². The van der Waals surface area contributed by atoms with Crippen LogP contribution in [0.25, 0.3) is 11.6 Å². The Morgan fingerprint density at radius 3 is 2.22 bits per heavy atom. The number of benzene rings is 2. The summed E-state index contributed by atoms with van der Waals surface area (Å²) >= 11 is 0. The quantitative estimate of drug-likeness (QED) is 0.763. The minimum absolute atomic E-state index is 0.0453. The lowest BCUT2D eigenvalue weighted by Crippen LogP contribution is -1.91. The summed E-state index contributed by atoms with van der Waals surface area (Å²) in [6, 6.07) is 13.2. The van der Waals surface area contributed by atoms with E-state index in [9.17, 15) is 13.9 Å². The number of phenols is 1. The molecule has 0 atom stereocenters. The summed E-state index contributed by atoms with van der Waals surface area (Å²) in [7, 11) is 0. The largest absolute Gasteiger partial charge is 0.507 e. The highest BCUT2D eigenvalue weighted by atomic mass is 19.1. The number of pyridine rings is 1. The molecule has 0 saturated heterocycles. The van der Waals surface area contributed by atoms with Gasteiger partial charge in [-0.1, -0.05) is 12.1 Å². The lowest BCUT2D eigenvalue weighted by Gasteiger charge is -2.11. The first-order chi connectivity index (χ1) is 11.1. The first kappa shape index (κ1) is 14.9. The lowest BCUT2D eigenvalue weighted by molar-refractivity contribution is 0.471. The van der Waals surface area contributed by atoms with Crippen molar-refractivity contribution in [2.24, 2.45) is 0 Å². The Hall–Kier alpha value is -3.01. The van der Waals surface area contributed by atoms with Crippen LogP contribution in [-0.4, -0.2) is 10.1 Å². The molecule has 3 aromatic rings. The number of aromatic nitrogens is 1. The van der Waals surface area contributed by atoms with E-state index in [1.54, 1.807) is 42.7 Å². The normalized spacial score (nSPS) is 11.5. The number of rotatable bonds is 3. The summed E-state index contributed by atoms with van der Waals surface area (Å²) in [5.41, 5.74) is 2.44. The molecule has 114 valence electrons. The van der Waals surface area contributed by atoms with Gasteiger partial charge in [0.2, 0.25) is 0 Å². The van der Waals surface area contributed by atoms with Crippen LogP contribution in [0.1, 0.15) is 16.7 Å². The van der Waals surface area contributed by atoms with Crippen molar-refractivity contribution in [2.75, 3.05) is 0 Å². The van der Waals surface area contributed by atoms with Gasteiger partial charge in [-0.05, 0) is 65.2 Å². The number of nitrogens with zero attached hydrogens (tertiary/aromatic N) is 1. The van der Waals surface area contributed by atoms with E-state index in [1.807, 2.05) is 0 Å². The van der Waals surface area contributed by atoms with E-state index < -0.39 is 5.82 Å². The van der Waals surface area contributed by atoms with Crippen molar-refractivity contribution in [2.45, 2.75) is 0 Å². The minimum atomic E-state index is -0.458. The summed E-state index contributed by atoms with van der Waals surface area (Å²) in [5.74, 6) is -0.864. The predicted octanol–water partition coefficient (Wildman–Crippen LogP) is 4.65. The number of phenolic OH excluding ortho intramolecular Hbond substituents is 1. The molecule has 0 radical (unpaired) electrons. The molecular weight excluding hydrogens is 296 g/mol. The monoisotopic (exact) mass is 309 g/mol. The molecule has 2 aromatic carbocycles. The Labute approximate surface area is 132 Å². The highest BCUT2D eigenvalue weighted by Crippen LogP contribution is 2.32. The summed E-state index contributed by atoms with van der Waals surface area (Å²) in [4.78, 5) is 3.95. The maximum atomic E-state index is 13.6. The van der Waals surface area contributed by atoms with Gasteiger partial charge in [-0.3, -0.25) is 4.98 Å². The molecule has 0 aliphatic rings. The van der Waals surface area contributed by atoms with Gasteiger partial charge < -0.3 is 5.11 Å². The summed E-state index contributed by atoms with van der Waals surface area (Å²) < 4.78 is 26.8. The molecule has 0 fully saturated rings. The van der Waals surface area contributed by atoms with Crippen LogP contribution >= 0.6 is 0 Å². The Morgan fingerprint density at radius 1 is 0.870 bits per heavy atom. The third-order valence-electron chi connectivity index (χ3n) is 3.42. The van der Waals surface area contributed by atoms with Gasteiger partial charge in [0.05, 0.1) is 0 Å². The molecule has 0 unspecified atom stereocenters. The Morgan fingerprint density at radius 2 is 1.52 bits per heavy atom. The average Bonchev–Trinajstić information content (AvgIpc) is 2.57. The maximum absolute atomic E-state index is 13.6. The molecule has 2 nitrogen and oxygen atoms in total. The summed E-state index contributed by atoms with van der Waals surface area (Å²) in [5, 5.41) is 10.1. The van der Waals surface area contributed by atoms with Gasteiger partial charge in [0, 0.05) is 18.0 Å². The Balaban J connectivity index is 2.19. The van der Waals surface area contributed by atoms with Crippen LogP contribution < -0.4 is 0 Å². The van der Waals surface area contributed by atoms with E-state index in [2.05, 4.69) is 4.98 Å². The van der Waals surface area contributed by atoms with Gasteiger partial charge in [-0.15, -0.1) is 0 Å². The van der Waals surface area contributed by atoms with Crippen LogP contribution in [0.5, 0.6) is 5.75 Å². The third kappa shape index (κ3) is 3.43. The first-order valence-corrected chi connectivity index (χ1v) is 7.00. The van der Waals surface area contributed by atoms with Gasteiger partial charge in [0.25, 0.3) is 0 Å². The minimum Gasteiger partial charge on any atom is -0.507 e. The number of hydrogen-bond acceptors (Lipinski definition) is 2. The van der Waals surface area contributed by atoms with Gasteiger partial charge in [0.15, 0.2) is 0 Å². The standard InChI is InChI=1S/C19H13F2NO/c20-15-3-1-14(2-4-15)17(11-13-7-9-22-10-8-13)18-12-16(21)5-6-19(18)23/h1-12,23H. The van der Waals surface area contributed by atoms with E-state index in [4.69, 9.17) is 0 Å². The summed E-state index contributed by atoms with van der Waals surface area (Å²) in [6.45, 7) is 0. The van der Waals surface area contributed by atoms with Crippen LogP contribution in [0, 0.1) is 11.6 Å². The second-order valence-corrected chi connectivity index (χ2v) is 5.01. The molecule has 1 N–H and O–H groups in total. The lowest BCUT2D eigenvalue weighted by atomic mass is 9.95. The van der Waals surface area contributed by atoms with Gasteiger partial charge >= 0.3 is 0 Å². The SMILES string of the molecule is Oc1ccc(F)cc1C(=Cc1ccncc1)c1ccc(F)cc1. The van der Waals surface area contributed by atoms with Gasteiger partial charge in [-0.2, -0.15) is 0 Å². The van der Waals surface area contributed by atoms with Crippen molar-refractivity contribution in [3.63, 3.8) is 0 Å². The van der Waals surface area contributed by atoms with E-state index in [0.717, 1.165) is 5.56 Å². The molecular formula is C19H13F2NO. The first-order valence-electron chi connectivity index (χ1n) is 7.00. The highest BCUT2D eigenvalue weighted by Gasteiger charge is 2.11. The zero-order chi connectivity index (χ0) is 16.2. The molecule has 0 amide bonds. The van der Waals surface area contributed by atoms with Crippen LogP contribution in [0.3, 0.4) is 0 Å². The van der Waals surface area contributed by atoms with Crippen molar-refractivity contribution in [1.82, 2.24) is 4.98 Å². The zero-order valence-electron chi connectivity index (χ0n) is 12.1. The summed E-state index contributed by atoms with van der Waals surface area (Å²) in [6.07, 6.45) is 5.07. The fourth-order valence-electron chi connectivity index (χ4n) is 2.30. The van der Waals surface area contributed by atoms with Crippen LogP contribution in [-0.2, 0) is 0 Å². The number of aromatic hydroxyl groups is 1. The molecule has 0 saturated carbocycles. The highest BCUT2D eigenvalue weighted by molar-refractivity contribution is 5.93. The van der Waals surface area contributed by atoms with Crippen molar-refractivity contribution >= 4 is 11.6 Å². The maximum Gasteiger partial charge on any atom is 0.124 e. The van der Waals surface area contributed by atoms with Crippen molar-refractivity contribution in [3.05, 3.63) is 95.3 Å². The van der Waals surface area contributed by atoms with Crippen molar-refractivity contribution < 1.29 is 13.9 Å². The molecule has 23 heavy (non-hydrogen) atoms. The average molecular weight is 309 g/mol. The van der Waals surface area contributed by atoms with E-state index in [0.29, 0.717) is 16.7 Å². The molecule has 1 heterocycles. The molecule has 3 rings (SSSR count). The van der Waals surface area contributed by atoms with Gasteiger partial charge in [0.1, 0.15) is 17.4 Å². The van der Waals surface area contributed by atoms with Crippen LogP contribution in [0.4, 0.5) is 8.78 Å². The fraction of sp³-hybridized carbons (Fsp3) is 0. The zero-order valence-corrected chi connectivity index (χ0v) is 12.1. The topological polar surface area (TPSA) is 33.1 Å². The third-order valence-corrected chi connectivity index (χ3v) is 3.42. The molecule has 4 heteroatoms. The smallest absolute Gasteiger partial charge is 0.124 e. The predicted molar refractivity (Wildman–Crippen MR) is 85.7 cm³/mol. The van der Waals surface area contributed by atoms with Crippen LogP contribution in [0.15, 0.2) is 67.0 Å². The second-order valence-electron chi connectivity index (χ2n) is 5.01. The van der Waals surface area contributed by atoms with E-state index >= 15 is 0 Å². The molecule has 1 aromatic heterocycles. The second kappa shape index (κ2) is 6.40. The molecule has 0 bridgehead atoms.